The molecule has 0 amide bonds. The lowest BCUT2D eigenvalue weighted by atomic mass is 10.2. The van der Waals surface area contributed by atoms with Gasteiger partial charge in [-0.1, -0.05) is 59.9 Å². The first-order valence-corrected chi connectivity index (χ1v) is 5.95. The normalized spacial score (nSPS) is 10.1. The van der Waals surface area contributed by atoms with Gasteiger partial charge in [-0.15, -0.1) is 0 Å². The summed E-state index contributed by atoms with van der Waals surface area (Å²) in [5.74, 6) is 6.14. The SMILES string of the molecule is Cc1ccc(C#CC/N=C/c2ccccc2)cc1. The van der Waals surface area contributed by atoms with Gasteiger partial charge in [0, 0.05) is 11.8 Å². The number of rotatable bonds is 2. The smallest absolute Gasteiger partial charge is 0.100 e. The summed E-state index contributed by atoms with van der Waals surface area (Å²) in [6.07, 6.45) is 1.85. The first-order valence-electron chi connectivity index (χ1n) is 5.95. The van der Waals surface area contributed by atoms with Crippen LogP contribution < -0.4 is 0 Å². The van der Waals surface area contributed by atoms with Gasteiger partial charge in [0.2, 0.25) is 0 Å². The Kier molecular flexibility index (Phi) is 4.33. The van der Waals surface area contributed by atoms with E-state index in [1.807, 2.05) is 48.7 Å². The molecule has 0 aromatic heterocycles. The minimum atomic E-state index is 0.531. The minimum absolute atomic E-state index is 0.531. The molecule has 0 heterocycles. The lowest BCUT2D eigenvalue weighted by Gasteiger charge is -1.91. The highest BCUT2D eigenvalue weighted by Crippen LogP contribution is 2.00. The van der Waals surface area contributed by atoms with Gasteiger partial charge < -0.3 is 0 Å². The molecule has 2 aromatic carbocycles. The highest BCUT2D eigenvalue weighted by atomic mass is 14.7. The van der Waals surface area contributed by atoms with E-state index in [-0.39, 0.29) is 0 Å². The molecule has 0 aliphatic carbocycles. The highest BCUT2D eigenvalue weighted by molar-refractivity contribution is 5.79. The molecular weight excluding hydrogens is 218 g/mol. The molecule has 0 atom stereocenters. The predicted octanol–water partition coefficient (Wildman–Crippen LogP) is 3.47. The van der Waals surface area contributed by atoms with Crippen LogP contribution in [0, 0.1) is 18.8 Å². The Hall–Kier alpha value is -2.33. The summed E-state index contributed by atoms with van der Waals surface area (Å²) < 4.78 is 0. The maximum absolute atomic E-state index is 4.28. The molecule has 88 valence electrons. The van der Waals surface area contributed by atoms with E-state index in [1.54, 1.807) is 0 Å². The maximum atomic E-state index is 4.28. The summed E-state index contributed by atoms with van der Waals surface area (Å²) in [5.41, 5.74) is 3.40. The Morgan fingerprint density at radius 2 is 1.72 bits per heavy atom. The van der Waals surface area contributed by atoms with E-state index < -0.39 is 0 Å². The third-order valence-electron chi connectivity index (χ3n) is 2.49. The Morgan fingerprint density at radius 1 is 1.00 bits per heavy atom. The third-order valence-corrected chi connectivity index (χ3v) is 2.49. The number of benzene rings is 2. The zero-order valence-electron chi connectivity index (χ0n) is 10.4. The Bertz CT molecular complexity index is 569. The quantitative estimate of drug-likeness (QED) is 0.556. The number of aryl methyl sites for hydroxylation is 1. The van der Waals surface area contributed by atoms with E-state index >= 15 is 0 Å². The summed E-state index contributed by atoms with van der Waals surface area (Å²) >= 11 is 0. The van der Waals surface area contributed by atoms with E-state index in [2.05, 4.69) is 35.9 Å². The van der Waals surface area contributed by atoms with E-state index in [0.29, 0.717) is 6.54 Å². The first kappa shape index (κ1) is 12.1. The van der Waals surface area contributed by atoms with E-state index in [0.717, 1.165) is 11.1 Å². The van der Waals surface area contributed by atoms with Crippen LogP contribution in [0.3, 0.4) is 0 Å². The zero-order chi connectivity index (χ0) is 12.6. The maximum Gasteiger partial charge on any atom is 0.100 e. The van der Waals surface area contributed by atoms with Gasteiger partial charge in [0.1, 0.15) is 6.54 Å². The van der Waals surface area contributed by atoms with Crippen LogP contribution in [-0.2, 0) is 0 Å². The molecule has 0 spiro atoms. The first-order chi connectivity index (χ1) is 8.84. The standard InChI is InChI=1S/C17H15N/c1-15-9-11-16(12-10-15)8-5-13-18-14-17-6-3-2-4-7-17/h2-4,6-7,9-12,14H,13H2,1H3/b18-14+. The van der Waals surface area contributed by atoms with Gasteiger partial charge in [-0.3, -0.25) is 4.99 Å². The van der Waals surface area contributed by atoms with E-state index in [4.69, 9.17) is 0 Å². The van der Waals surface area contributed by atoms with Crippen molar-refractivity contribution in [1.29, 1.82) is 0 Å². The Balaban J connectivity index is 1.89. The van der Waals surface area contributed by atoms with Crippen molar-refractivity contribution in [3.8, 4) is 11.8 Å². The molecule has 0 fully saturated rings. The second-order valence-corrected chi connectivity index (χ2v) is 4.05. The average Bonchev–Trinajstić information content (AvgIpc) is 2.42. The second-order valence-electron chi connectivity index (χ2n) is 4.05. The van der Waals surface area contributed by atoms with Crippen LogP contribution >= 0.6 is 0 Å². The van der Waals surface area contributed by atoms with Gasteiger partial charge in [0.05, 0.1) is 0 Å². The molecule has 18 heavy (non-hydrogen) atoms. The average molecular weight is 233 g/mol. The summed E-state index contributed by atoms with van der Waals surface area (Å²) in [6.45, 7) is 2.60. The predicted molar refractivity (Wildman–Crippen MR) is 77.0 cm³/mol. The largest absolute Gasteiger partial charge is 0.280 e. The molecule has 2 rings (SSSR count). The molecule has 0 aliphatic heterocycles. The number of hydrogen-bond donors (Lipinski definition) is 0. The molecular formula is C17H15N. The molecule has 0 radical (unpaired) electrons. The zero-order valence-corrected chi connectivity index (χ0v) is 10.4. The molecule has 0 saturated carbocycles. The Labute approximate surface area is 108 Å². The van der Waals surface area contributed by atoms with E-state index in [1.165, 1.54) is 5.56 Å². The van der Waals surface area contributed by atoms with Gasteiger partial charge in [-0.2, -0.15) is 0 Å². The molecule has 0 unspecified atom stereocenters. The fourth-order valence-electron chi connectivity index (χ4n) is 1.51. The van der Waals surface area contributed by atoms with Crippen molar-refractivity contribution in [2.24, 2.45) is 4.99 Å². The molecule has 0 bridgehead atoms. The number of nitrogens with zero attached hydrogens (tertiary/aromatic N) is 1. The molecule has 2 aromatic rings. The second kappa shape index (κ2) is 6.42. The lowest BCUT2D eigenvalue weighted by molar-refractivity contribution is 1.30. The van der Waals surface area contributed by atoms with Crippen LogP contribution in [0.5, 0.6) is 0 Å². The summed E-state index contributed by atoms with van der Waals surface area (Å²) in [6, 6.07) is 18.2. The van der Waals surface area contributed by atoms with Crippen LogP contribution in [0.25, 0.3) is 0 Å². The topological polar surface area (TPSA) is 12.4 Å². The van der Waals surface area contributed by atoms with Gasteiger partial charge in [-0.25, -0.2) is 0 Å². The number of hydrogen-bond acceptors (Lipinski definition) is 1. The van der Waals surface area contributed by atoms with Crippen LogP contribution in [0.2, 0.25) is 0 Å². The van der Waals surface area contributed by atoms with Crippen molar-refractivity contribution in [1.82, 2.24) is 0 Å². The van der Waals surface area contributed by atoms with Gasteiger partial charge in [0.25, 0.3) is 0 Å². The molecule has 0 N–H and O–H groups in total. The van der Waals surface area contributed by atoms with Crippen LogP contribution in [0.1, 0.15) is 16.7 Å². The lowest BCUT2D eigenvalue weighted by Crippen LogP contribution is -1.81. The van der Waals surface area contributed by atoms with E-state index in [9.17, 15) is 0 Å². The third kappa shape index (κ3) is 3.92. The van der Waals surface area contributed by atoms with Crippen LogP contribution in [0.4, 0.5) is 0 Å². The summed E-state index contributed by atoms with van der Waals surface area (Å²) in [4.78, 5) is 4.28. The van der Waals surface area contributed by atoms with Crippen LogP contribution in [-0.4, -0.2) is 12.8 Å². The molecule has 1 nitrogen and oxygen atoms in total. The number of aliphatic imine (C=N–C) groups is 1. The fraction of sp³-hybridized carbons (Fsp3) is 0.118. The minimum Gasteiger partial charge on any atom is -0.280 e. The van der Waals surface area contributed by atoms with Crippen molar-refractivity contribution in [2.75, 3.05) is 6.54 Å². The summed E-state index contributed by atoms with van der Waals surface area (Å²) in [7, 11) is 0. The fourth-order valence-corrected chi connectivity index (χ4v) is 1.51. The summed E-state index contributed by atoms with van der Waals surface area (Å²) in [5, 5.41) is 0. The van der Waals surface area contributed by atoms with Crippen molar-refractivity contribution < 1.29 is 0 Å². The van der Waals surface area contributed by atoms with Crippen molar-refractivity contribution in [3.63, 3.8) is 0 Å². The molecule has 0 aliphatic rings. The van der Waals surface area contributed by atoms with Gasteiger partial charge in [-0.05, 0) is 24.6 Å². The monoisotopic (exact) mass is 233 g/mol. The van der Waals surface area contributed by atoms with Gasteiger partial charge in [0.15, 0.2) is 0 Å². The van der Waals surface area contributed by atoms with Crippen LogP contribution in [0.15, 0.2) is 59.6 Å². The Morgan fingerprint density at radius 3 is 2.44 bits per heavy atom. The molecule has 1 heteroatoms. The highest BCUT2D eigenvalue weighted by Gasteiger charge is 1.85. The van der Waals surface area contributed by atoms with Crippen molar-refractivity contribution in [2.45, 2.75) is 6.92 Å². The molecule has 0 saturated heterocycles. The van der Waals surface area contributed by atoms with Crippen molar-refractivity contribution >= 4 is 6.21 Å². The van der Waals surface area contributed by atoms with Gasteiger partial charge >= 0.3 is 0 Å². The van der Waals surface area contributed by atoms with Crippen molar-refractivity contribution in [3.05, 3.63) is 71.3 Å².